The van der Waals surface area contributed by atoms with E-state index in [2.05, 4.69) is 26.0 Å². The van der Waals surface area contributed by atoms with Gasteiger partial charge < -0.3 is 20.1 Å². The molecule has 9 nitrogen and oxygen atoms in total. The number of hydrogen-bond donors (Lipinski definition) is 3. The minimum absolute atomic E-state index is 0.278. The molecule has 4 rings (SSSR count). The van der Waals surface area contributed by atoms with E-state index in [-0.39, 0.29) is 18.2 Å². The molecule has 0 spiro atoms. The van der Waals surface area contributed by atoms with Crippen molar-refractivity contribution in [3.8, 4) is 11.5 Å². The largest absolute Gasteiger partial charge is 0.486 e. The molecule has 0 saturated carbocycles. The molecule has 0 radical (unpaired) electrons. The number of para-hydroxylation sites is 2. The molecule has 26 heavy (non-hydrogen) atoms. The Bertz CT molecular complexity index is 1020. The number of fused-ring (bicyclic) bond motifs is 2. The minimum Gasteiger partial charge on any atom is -0.486 e. The van der Waals surface area contributed by atoms with E-state index < -0.39 is 6.03 Å². The zero-order valence-electron chi connectivity index (χ0n) is 13.6. The van der Waals surface area contributed by atoms with E-state index in [1.54, 1.807) is 18.2 Å². The Hall–Kier alpha value is -3.62. The van der Waals surface area contributed by atoms with Gasteiger partial charge in [-0.1, -0.05) is 17.3 Å². The molecule has 0 fully saturated rings. The number of rotatable bonds is 3. The molecule has 2 amide bonds. The zero-order valence-corrected chi connectivity index (χ0v) is 13.6. The molecule has 2 aromatic carbocycles. The third-order valence-corrected chi connectivity index (χ3v) is 3.87. The standard InChI is InChI=1S/C17H15N5O4/c23-16-12-7-10(5-6-13(12)20-22-21-16)19-17(24)18-8-11-9-25-14-3-1-2-4-15(14)26-11/h1-7,11H,8-9H2,(H2,18,19,24)(H,20,21,23). The van der Waals surface area contributed by atoms with Crippen LogP contribution in [0.4, 0.5) is 10.5 Å². The molecule has 1 aromatic heterocycles. The van der Waals surface area contributed by atoms with E-state index >= 15 is 0 Å². The molecular weight excluding hydrogens is 338 g/mol. The van der Waals surface area contributed by atoms with Gasteiger partial charge in [0.25, 0.3) is 5.56 Å². The summed E-state index contributed by atoms with van der Waals surface area (Å²) in [7, 11) is 0. The molecule has 0 saturated heterocycles. The molecule has 9 heteroatoms. The van der Waals surface area contributed by atoms with Gasteiger partial charge in [-0.05, 0) is 30.3 Å². The van der Waals surface area contributed by atoms with Crippen molar-refractivity contribution in [2.45, 2.75) is 6.10 Å². The highest BCUT2D eigenvalue weighted by Crippen LogP contribution is 2.30. The lowest BCUT2D eigenvalue weighted by molar-refractivity contribution is 0.0922. The van der Waals surface area contributed by atoms with Crippen molar-refractivity contribution in [2.24, 2.45) is 0 Å². The number of ether oxygens (including phenoxy) is 2. The van der Waals surface area contributed by atoms with Crippen molar-refractivity contribution >= 4 is 22.6 Å². The van der Waals surface area contributed by atoms with Crippen molar-refractivity contribution in [2.75, 3.05) is 18.5 Å². The average molecular weight is 353 g/mol. The van der Waals surface area contributed by atoms with Crippen LogP contribution in [0.3, 0.4) is 0 Å². The maximum Gasteiger partial charge on any atom is 0.319 e. The van der Waals surface area contributed by atoms with Crippen molar-refractivity contribution in [1.29, 1.82) is 0 Å². The van der Waals surface area contributed by atoms with E-state index in [4.69, 9.17) is 9.47 Å². The fourth-order valence-corrected chi connectivity index (χ4v) is 2.61. The first-order valence-corrected chi connectivity index (χ1v) is 7.97. The van der Waals surface area contributed by atoms with Crippen LogP contribution < -0.4 is 25.7 Å². The van der Waals surface area contributed by atoms with Crippen LogP contribution in [0.2, 0.25) is 0 Å². The number of benzene rings is 2. The summed E-state index contributed by atoms with van der Waals surface area (Å²) in [5.74, 6) is 1.35. The summed E-state index contributed by atoms with van der Waals surface area (Å²) >= 11 is 0. The molecule has 1 unspecified atom stereocenters. The zero-order chi connectivity index (χ0) is 17.9. The van der Waals surface area contributed by atoms with E-state index in [1.165, 1.54) is 0 Å². The van der Waals surface area contributed by atoms with Gasteiger partial charge in [-0.3, -0.25) is 4.79 Å². The van der Waals surface area contributed by atoms with Crippen LogP contribution in [0.25, 0.3) is 10.9 Å². The summed E-state index contributed by atoms with van der Waals surface area (Å²) in [4.78, 5) is 23.8. The van der Waals surface area contributed by atoms with Gasteiger partial charge in [-0.2, -0.15) is 0 Å². The number of aromatic nitrogens is 3. The van der Waals surface area contributed by atoms with Gasteiger partial charge >= 0.3 is 6.03 Å². The molecule has 1 aliphatic rings. The van der Waals surface area contributed by atoms with Crippen LogP contribution in [0, 0.1) is 0 Å². The average Bonchev–Trinajstić information content (AvgIpc) is 2.67. The number of amides is 2. The fraction of sp³-hybridized carbons (Fsp3) is 0.176. The Morgan fingerprint density at radius 2 is 2.08 bits per heavy atom. The lowest BCUT2D eigenvalue weighted by Crippen LogP contribution is -2.42. The summed E-state index contributed by atoms with van der Waals surface area (Å²) in [5.41, 5.74) is 0.552. The second-order valence-electron chi connectivity index (χ2n) is 5.71. The number of aromatic amines is 1. The molecule has 132 valence electrons. The number of urea groups is 1. The van der Waals surface area contributed by atoms with Crippen molar-refractivity contribution < 1.29 is 14.3 Å². The molecule has 3 aromatic rings. The molecule has 3 N–H and O–H groups in total. The van der Waals surface area contributed by atoms with Crippen molar-refractivity contribution in [3.05, 3.63) is 52.8 Å². The van der Waals surface area contributed by atoms with Gasteiger partial charge in [0.15, 0.2) is 17.6 Å². The van der Waals surface area contributed by atoms with Gasteiger partial charge in [-0.25, -0.2) is 9.89 Å². The maximum absolute atomic E-state index is 12.1. The van der Waals surface area contributed by atoms with E-state index in [0.717, 1.165) is 0 Å². The minimum atomic E-state index is -0.412. The molecule has 2 heterocycles. The molecule has 0 aliphatic carbocycles. The van der Waals surface area contributed by atoms with E-state index in [9.17, 15) is 9.59 Å². The molecular formula is C17H15N5O4. The van der Waals surface area contributed by atoms with Crippen LogP contribution in [0.15, 0.2) is 47.3 Å². The van der Waals surface area contributed by atoms with Crippen molar-refractivity contribution in [3.63, 3.8) is 0 Å². The number of nitrogens with zero attached hydrogens (tertiary/aromatic N) is 2. The highest BCUT2D eigenvalue weighted by molar-refractivity contribution is 5.92. The lowest BCUT2D eigenvalue weighted by atomic mass is 10.2. The number of H-pyrrole nitrogens is 1. The van der Waals surface area contributed by atoms with Crippen LogP contribution in [-0.2, 0) is 0 Å². The fourth-order valence-electron chi connectivity index (χ4n) is 2.61. The maximum atomic E-state index is 12.1. The van der Waals surface area contributed by atoms with Crippen LogP contribution in [-0.4, -0.2) is 40.7 Å². The summed E-state index contributed by atoms with van der Waals surface area (Å²) in [6.45, 7) is 0.626. The summed E-state index contributed by atoms with van der Waals surface area (Å²) in [5, 5.41) is 15.3. The smallest absolute Gasteiger partial charge is 0.319 e. The predicted octanol–water partition coefficient (Wildman–Crippen LogP) is 1.28. The second-order valence-corrected chi connectivity index (χ2v) is 5.71. The Morgan fingerprint density at radius 1 is 1.23 bits per heavy atom. The highest BCUT2D eigenvalue weighted by atomic mass is 16.6. The third kappa shape index (κ3) is 3.27. The highest BCUT2D eigenvalue weighted by Gasteiger charge is 2.21. The first kappa shape index (κ1) is 15.9. The van der Waals surface area contributed by atoms with Gasteiger partial charge in [0, 0.05) is 5.69 Å². The number of hydrogen-bond acceptors (Lipinski definition) is 6. The first-order valence-electron chi connectivity index (χ1n) is 7.97. The van der Waals surface area contributed by atoms with Crippen LogP contribution in [0.5, 0.6) is 11.5 Å². The number of anilines is 1. The second kappa shape index (κ2) is 6.71. The Labute approximate surface area is 147 Å². The lowest BCUT2D eigenvalue weighted by Gasteiger charge is -2.26. The SMILES string of the molecule is O=C(NCC1COc2ccccc2O1)Nc1ccc2nn[nH]c(=O)c2c1. The number of nitrogens with one attached hydrogen (secondary N) is 3. The Balaban J connectivity index is 1.36. The normalized spacial score (nSPS) is 15.5. The summed E-state index contributed by atoms with van der Waals surface area (Å²) in [6, 6.07) is 11.8. The topological polar surface area (TPSA) is 118 Å². The summed E-state index contributed by atoms with van der Waals surface area (Å²) < 4.78 is 11.4. The van der Waals surface area contributed by atoms with Crippen molar-refractivity contribution in [1.82, 2.24) is 20.7 Å². The first-order chi connectivity index (χ1) is 12.7. The molecule has 0 bridgehead atoms. The van der Waals surface area contributed by atoms with Gasteiger partial charge in [-0.15, -0.1) is 5.10 Å². The monoisotopic (exact) mass is 353 g/mol. The van der Waals surface area contributed by atoms with Gasteiger partial charge in [0.2, 0.25) is 0 Å². The van der Waals surface area contributed by atoms with E-state index in [1.807, 2.05) is 24.3 Å². The summed E-state index contributed by atoms with van der Waals surface area (Å²) in [6.07, 6.45) is -0.287. The number of carbonyl (C=O) groups excluding carboxylic acids is 1. The third-order valence-electron chi connectivity index (χ3n) is 3.87. The van der Waals surface area contributed by atoms with Crippen LogP contribution in [0.1, 0.15) is 0 Å². The Kier molecular flexibility index (Phi) is 4.10. The molecule has 1 aliphatic heterocycles. The Morgan fingerprint density at radius 3 is 2.96 bits per heavy atom. The van der Waals surface area contributed by atoms with Crippen LogP contribution >= 0.6 is 0 Å². The predicted molar refractivity (Wildman–Crippen MR) is 93.5 cm³/mol. The molecule has 1 atom stereocenters. The quantitative estimate of drug-likeness (QED) is 0.653. The number of carbonyl (C=O) groups is 1. The van der Waals surface area contributed by atoms with Gasteiger partial charge in [0.05, 0.1) is 11.9 Å². The van der Waals surface area contributed by atoms with E-state index in [0.29, 0.717) is 34.7 Å². The van der Waals surface area contributed by atoms with Gasteiger partial charge in [0.1, 0.15) is 12.1 Å².